The number of aromatic nitrogens is 1. The highest BCUT2D eigenvalue weighted by atomic mass is 32.1. The number of thiazole rings is 1. The Bertz CT molecular complexity index is 298. The molecule has 3 nitrogen and oxygen atoms in total. The van der Waals surface area contributed by atoms with E-state index in [2.05, 4.69) is 11.9 Å². The van der Waals surface area contributed by atoms with E-state index in [0.717, 1.165) is 19.5 Å². The minimum atomic E-state index is 0.759. The van der Waals surface area contributed by atoms with Gasteiger partial charge in [0.25, 0.3) is 0 Å². The molecule has 2 rings (SSSR count). The Balaban J connectivity index is 2.05. The first-order valence-corrected chi connectivity index (χ1v) is 6.52. The number of hydrogen-bond acceptors (Lipinski definition) is 4. The number of fused-ring (bicyclic) bond motifs is 1. The topological polar surface area (TPSA) is 42.1 Å². The summed E-state index contributed by atoms with van der Waals surface area (Å²) < 4.78 is 0. The van der Waals surface area contributed by atoms with E-state index in [1.807, 2.05) is 11.3 Å². The summed E-state index contributed by atoms with van der Waals surface area (Å²) in [7, 11) is 2.11. The average molecular weight is 225 g/mol. The van der Waals surface area contributed by atoms with Crippen LogP contribution in [-0.2, 0) is 12.8 Å². The van der Waals surface area contributed by atoms with Gasteiger partial charge in [-0.15, -0.1) is 11.3 Å². The molecule has 15 heavy (non-hydrogen) atoms. The van der Waals surface area contributed by atoms with E-state index in [1.165, 1.54) is 41.4 Å². The molecule has 4 heteroatoms. The molecule has 0 amide bonds. The first-order chi connectivity index (χ1) is 7.31. The van der Waals surface area contributed by atoms with Gasteiger partial charge >= 0.3 is 0 Å². The molecule has 1 aliphatic rings. The lowest BCUT2D eigenvalue weighted by Crippen LogP contribution is -2.20. The van der Waals surface area contributed by atoms with E-state index in [9.17, 15) is 0 Å². The largest absolute Gasteiger partial charge is 0.351 e. The molecule has 1 aromatic rings. The van der Waals surface area contributed by atoms with E-state index < -0.39 is 0 Å². The Kier molecular flexibility index (Phi) is 3.59. The van der Waals surface area contributed by atoms with Crippen LogP contribution in [0.5, 0.6) is 0 Å². The van der Waals surface area contributed by atoms with Crippen molar-refractivity contribution < 1.29 is 0 Å². The van der Waals surface area contributed by atoms with Crippen molar-refractivity contribution in [2.45, 2.75) is 32.1 Å². The Morgan fingerprint density at radius 2 is 2.20 bits per heavy atom. The summed E-state index contributed by atoms with van der Waals surface area (Å²) in [6.07, 6.45) is 6.10. The fourth-order valence-corrected chi connectivity index (χ4v) is 3.06. The van der Waals surface area contributed by atoms with E-state index in [4.69, 9.17) is 10.7 Å². The molecule has 0 radical (unpaired) electrons. The first kappa shape index (κ1) is 10.9. The van der Waals surface area contributed by atoms with Gasteiger partial charge in [-0.3, -0.25) is 0 Å². The summed E-state index contributed by atoms with van der Waals surface area (Å²) in [5.41, 5.74) is 6.86. The van der Waals surface area contributed by atoms with Gasteiger partial charge in [0.1, 0.15) is 0 Å². The van der Waals surface area contributed by atoms with Crippen molar-refractivity contribution in [3.8, 4) is 0 Å². The van der Waals surface area contributed by atoms with E-state index >= 15 is 0 Å². The molecule has 1 aromatic heterocycles. The van der Waals surface area contributed by atoms with Gasteiger partial charge in [0.2, 0.25) is 0 Å². The van der Waals surface area contributed by atoms with Gasteiger partial charge in [-0.1, -0.05) is 0 Å². The van der Waals surface area contributed by atoms with Crippen molar-refractivity contribution in [3.63, 3.8) is 0 Å². The Morgan fingerprint density at radius 3 is 2.93 bits per heavy atom. The number of rotatable bonds is 4. The minimum Gasteiger partial charge on any atom is -0.351 e. The Hall–Kier alpha value is -0.610. The predicted molar refractivity (Wildman–Crippen MR) is 65.7 cm³/mol. The van der Waals surface area contributed by atoms with E-state index in [0.29, 0.717) is 0 Å². The summed E-state index contributed by atoms with van der Waals surface area (Å²) >= 11 is 1.87. The van der Waals surface area contributed by atoms with Crippen LogP contribution in [0, 0.1) is 0 Å². The van der Waals surface area contributed by atoms with Gasteiger partial charge in [-0.05, 0) is 38.6 Å². The number of aryl methyl sites for hydroxylation is 2. The van der Waals surface area contributed by atoms with Gasteiger partial charge < -0.3 is 10.6 Å². The van der Waals surface area contributed by atoms with Crippen LogP contribution in [0.25, 0.3) is 0 Å². The highest BCUT2D eigenvalue weighted by molar-refractivity contribution is 7.15. The van der Waals surface area contributed by atoms with Crippen molar-refractivity contribution in [2.75, 3.05) is 25.0 Å². The zero-order valence-corrected chi connectivity index (χ0v) is 10.1. The molecule has 0 bridgehead atoms. The van der Waals surface area contributed by atoms with Crippen molar-refractivity contribution >= 4 is 16.5 Å². The third-order valence-corrected chi connectivity index (χ3v) is 4.13. The molecule has 0 aliphatic heterocycles. The third kappa shape index (κ3) is 2.49. The van der Waals surface area contributed by atoms with Crippen molar-refractivity contribution in [1.82, 2.24) is 4.98 Å². The molecule has 84 valence electrons. The summed E-state index contributed by atoms with van der Waals surface area (Å²) in [5, 5.41) is 1.18. The molecular weight excluding hydrogens is 206 g/mol. The highest BCUT2D eigenvalue weighted by Gasteiger charge is 2.16. The number of hydrogen-bond donors (Lipinski definition) is 1. The second kappa shape index (κ2) is 4.94. The van der Waals surface area contributed by atoms with E-state index in [-0.39, 0.29) is 0 Å². The maximum Gasteiger partial charge on any atom is 0.185 e. The third-order valence-electron chi connectivity index (χ3n) is 2.86. The van der Waals surface area contributed by atoms with Crippen LogP contribution in [0.4, 0.5) is 5.13 Å². The molecule has 1 heterocycles. The summed E-state index contributed by atoms with van der Waals surface area (Å²) in [6, 6.07) is 0. The van der Waals surface area contributed by atoms with E-state index in [1.54, 1.807) is 0 Å². The molecule has 0 aromatic carbocycles. The molecule has 0 saturated carbocycles. The highest BCUT2D eigenvalue weighted by Crippen LogP contribution is 2.31. The van der Waals surface area contributed by atoms with Crippen LogP contribution >= 0.6 is 11.3 Å². The smallest absolute Gasteiger partial charge is 0.185 e. The molecular formula is C11H19N3S. The van der Waals surface area contributed by atoms with Crippen LogP contribution in [0.15, 0.2) is 0 Å². The lowest BCUT2D eigenvalue weighted by molar-refractivity contribution is 0.681. The van der Waals surface area contributed by atoms with Crippen LogP contribution in [0.1, 0.15) is 29.8 Å². The van der Waals surface area contributed by atoms with Crippen LogP contribution in [0.3, 0.4) is 0 Å². The van der Waals surface area contributed by atoms with Gasteiger partial charge in [-0.25, -0.2) is 4.98 Å². The molecule has 0 spiro atoms. The summed E-state index contributed by atoms with van der Waals surface area (Å²) in [6.45, 7) is 1.78. The number of nitrogens with two attached hydrogens (primary N) is 1. The first-order valence-electron chi connectivity index (χ1n) is 5.71. The van der Waals surface area contributed by atoms with Crippen molar-refractivity contribution in [1.29, 1.82) is 0 Å². The van der Waals surface area contributed by atoms with Crippen LogP contribution in [0.2, 0.25) is 0 Å². The zero-order chi connectivity index (χ0) is 10.7. The molecule has 0 saturated heterocycles. The Morgan fingerprint density at radius 1 is 1.40 bits per heavy atom. The maximum absolute atomic E-state index is 5.51. The average Bonchev–Trinajstić information content (AvgIpc) is 2.69. The van der Waals surface area contributed by atoms with Crippen LogP contribution < -0.4 is 10.6 Å². The fraction of sp³-hybridized carbons (Fsp3) is 0.727. The second-order valence-corrected chi connectivity index (χ2v) is 5.20. The SMILES string of the molecule is CN(CCCN)c1nc2c(s1)CCCC2. The lowest BCUT2D eigenvalue weighted by Gasteiger charge is -2.14. The molecule has 1 aliphatic carbocycles. The second-order valence-electron chi connectivity index (χ2n) is 4.14. The van der Waals surface area contributed by atoms with Gasteiger partial charge in [0.15, 0.2) is 5.13 Å². The predicted octanol–water partition coefficient (Wildman–Crippen LogP) is 1.81. The number of nitrogens with zero attached hydrogens (tertiary/aromatic N) is 2. The van der Waals surface area contributed by atoms with Gasteiger partial charge in [-0.2, -0.15) is 0 Å². The fourth-order valence-electron chi connectivity index (χ4n) is 1.93. The summed E-state index contributed by atoms with van der Waals surface area (Å²) in [4.78, 5) is 8.45. The van der Waals surface area contributed by atoms with Crippen LogP contribution in [-0.4, -0.2) is 25.1 Å². The van der Waals surface area contributed by atoms with Gasteiger partial charge in [0, 0.05) is 18.5 Å². The van der Waals surface area contributed by atoms with Crippen molar-refractivity contribution in [3.05, 3.63) is 10.6 Å². The minimum absolute atomic E-state index is 0.759. The quantitative estimate of drug-likeness (QED) is 0.849. The summed E-state index contributed by atoms with van der Waals surface area (Å²) in [5.74, 6) is 0. The number of anilines is 1. The lowest BCUT2D eigenvalue weighted by atomic mass is 10.0. The standard InChI is InChI=1S/C11H19N3S/c1-14(8-4-7-12)11-13-9-5-2-3-6-10(9)15-11/h2-8,12H2,1H3. The molecule has 0 unspecified atom stereocenters. The Labute approximate surface area is 95.3 Å². The normalized spacial score (nSPS) is 15.1. The maximum atomic E-state index is 5.51. The van der Waals surface area contributed by atoms with Crippen molar-refractivity contribution in [2.24, 2.45) is 5.73 Å². The molecule has 2 N–H and O–H groups in total. The zero-order valence-electron chi connectivity index (χ0n) is 9.33. The molecule has 0 fully saturated rings. The van der Waals surface area contributed by atoms with Gasteiger partial charge in [0.05, 0.1) is 5.69 Å². The molecule has 0 atom stereocenters. The monoisotopic (exact) mass is 225 g/mol.